The lowest BCUT2D eigenvalue weighted by atomic mass is 9.87. The zero-order valence-corrected chi connectivity index (χ0v) is 11.7. The molecule has 110 valence electrons. The number of carbonyl (C=O) groups is 2. The molecule has 0 aliphatic rings. The number of phenolic OH excluding ortho intramolecular Hbond substituents is 1. The third kappa shape index (κ3) is 3.96. The van der Waals surface area contributed by atoms with Gasteiger partial charge < -0.3 is 20.7 Å². The van der Waals surface area contributed by atoms with Crippen LogP contribution in [0.5, 0.6) is 5.75 Å². The second-order valence-corrected chi connectivity index (χ2v) is 5.59. The molecule has 0 spiro atoms. The number of carbonyl (C=O) groups excluding carboxylic acids is 1. The van der Waals surface area contributed by atoms with Crippen molar-refractivity contribution in [3.8, 4) is 5.75 Å². The van der Waals surface area contributed by atoms with Gasteiger partial charge in [0.05, 0.1) is 6.42 Å². The second-order valence-electron chi connectivity index (χ2n) is 5.59. The van der Waals surface area contributed by atoms with E-state index in [0.29, 0.717) is 0 Å². The smallest absolute Gasteiger partial charge is 0.331 e. The lowest BCUT2D eigenvalue weighted by molar-refractivity contribution is -0.165. The molecule has 0 heterocycles. The molecule has 4 N–H and O–H groups in total. The summed E-state index contributed by atoms with van der Waals surface area (Å²) in [5.41, 5.74) is 3.52. The van der Waals surface area contributed by atoms with Crippen LogP contribution in [0.1, 0.15) is 32.8 Å². The number of aliphatic carboxylic acids is 1. The number of carboxylic acid groups (broad SMARTS) is 1. The van der Waals surface area contributed by atoms with E-state index in [4.69, 9.17) is 15.6 Å². The monoisotopic (exact) mass is 281 g/mol. The summed E-state index contributed by atoms with van der Waals surface area (Å²) in [6.45, 7) is 4.98. The Bertz CT molecular complexity index is 521. The summed E-state index contributed by atoms with van der Waals surface area (Å²) in [4.78, 5) is 23.2. The molecule has 0 radical (unpaired) electrons. The Morgan fingerprint density at radius 2 is 1.90 bits per heavy atom. The van der Waals surface area contributed by atoms with E-state index in [9.17, 15) is 14.7 Å². The van der Waals surface area contributed by atoms with E-state index < -0.39 is 29.5 Å². The predicted molar refractivity (Wildman–Crippen MR) is 72.1 cm³/mol. The van der Waals surface area contributed by atoms with Gasteiger partial charge in [0.1, 0.15) is 11.4 Å². The standard InChI is InChI=1S/C14H19NO5/c1-13(2,3)20-12(19)14(15,8-11(17)18)9-5-4-6-10(16)7-9/h4-7,16H,8,15H2,1-3H3,(H,17,18)/t14-/m0/s1. The van der Waals surface area contributed by atoms with Crippen molar-refractivity contribution in [1.82, 2.24) is 0 Å². The van der Waals surface area contributed by atoms with Crippen LogP contribution < -0.4 is 5.73 Å². The average molecular weight is 281 g/mol. The Balaban J connectivity index is 3.22. The number of hydrogen-bond donors (Lipinski definition) is 3. The lowest BCUT2D eigenvalue weighted by Crippen LogP contribution is -2.49. The number of hydrogen-bond acceptors (Lipinski definition) is 5. The normalized spacial score (nSPS) is 14.4. The molecule has 0 aromatic heterocycles. The highest BCUT2D eigenvalue weighted by atomic mass is 16.6. The van der Waals surface area contributed by atoms with Crippen LogP contribution in [0.2, 0.25) is 0 Å². The minimum absolute atomic E-state index is 0.105. The van der Waals surface area contributed by atoms with Crippen LogP contribution in [0, 0.1) is 0 Å². The molecule has 0 saturated carbocycles. The van der Waals surface area contributed by atoms with Gasteiger partial charge in [0.2, 0.25) is 0 Å². The van der Waals surface area contributed by atoms with Gasteiger partial charge in [0, 0.05) is 0 Å². The summed E-state index contributed by atoms with van der Waals surface area (Å²) in [5, 5.41) is 18.4. The van der Waals surface area contributed by atoms with Crippen molar-refractivity contribution in [2.75, 3.05) is 0 Å². The van der Waals surface area contributed by atoms with Crippen LogP contribution in [0.25, 0.3) is 0 Å². The summed E-state index contributed by atoms with van der Waals surface area (Å²) in [6.07, 6.45) is -0.634. The summed E-state index contributed by atoms with van der Waals surface area (Å²) in [7, 11) is 0. The number of nitrogens with two attached hydrogens (primary N) is 1. The van der Waals surface area contributed by atoms with Gasteiger partial charge in [-0.2, -0.15) is 0 Å². The maximum absolute atomic E-state index is 12.2. The van der Waals surface area contributed by atoms with Crippen LogP contribution in [-0.2, 0) is 19.9 Å². The fraction of sp³-hybridized carbons (Fsp3) is 0.429. The van der Waals surface area contributed by atoms with Crippen molar-refractivity contribution in [3.63, 3.8) is 0 Å². The third-order valence-electron chi connectivity index (χ3n) is 2.55. The molecule has 0 fully saturated rings. The molecular formula is C14H19NO5. The summed E-state index contributed by atoms with van der Waals surface area (Å²) >= 11 is 0. The van der Waals surface area contributed by atoms with Crippen LogP contribution in [-0.4, -0.2) is 27.8 Å². The highest BCUT2D eigenvalue weighted by Crippen LogP contribution is 2.28. The molecule has 20 heavy (non-hydrogen) atoms. The van der Waals surface area contributed by atoms with Crippen molar-refractivity contribution < 1.29 is 24.5 Å². The van der Waals surface area contributed by atoms with Crippen LogP contribution in [0.3, 0.4) is 0 Å². The first-order chi connectivity index (χ1) is 9.04. The minimum Gasteiger partial charge on any atom is -0.508 e. The Hall–Kier alpha value is -2.08. The van der Waals surface area contributed by atoms with Gasteiger partial charge in [-0.15, -0.1) is 0 Å². The van der Waals surface area contributed by atoms with Crippen molar-refractivity contribution in [3.05, 3.63) is 29.8 Å². The van der Waals surface area contributed by atoms with Gasteiger partial charge in [-0.3, -0.25) is 4.79 Å². The van der Waals surface area contributed by atoms with E-state index in [2.05, 4.69) is 0 Å². The zero-order chi connectivity index (χ0) is 15.6. The van der Waals surface area contributed by atoms with E-state index in [1.807, 2.05) is 0 Å². The first kappa shape index (κ1) is 16.0. The molecule has 1 rings (SSSR count). The van der Waals surface area contributed by atoms with E-state index >= 15 is 0 Å². The SMILES string of the molecule is CC(C)(C)OC(=O)[C@](N)(CC(=O)O)c1cccc(O)c1. The maximum Gasteiger partial charge on any atom is 0.331 e. The highest BCUT2D eigenvalue weighted by molar-refractivity contribution is 5.88. The molecule has 0 aliphatic carbocycles. The molecule has 6 nitrogen and oxygen atoms in total. The highest BCUT2D eigenvalue weighted by Gasteiger charge is 2.42. The minimum atomic E-state index is -1.85. The quantitative estimate of drug-likeness (QED) is 0.719. The molecule has 6 heteroatoms. The Labute approximate surface area is 117 Å². The summed E-state index contributed by atoms with van der Waals surface area (Å²) < 4.78 is 5.19. The number of esters is 1. The molecule has 0 aliphatic heterocycles. The molecule has 1 aromatic rings. The second kappa shape index (κ2) is 5.50. The number of phenols is 1. The van der Waals surface area contributed by atoms with Gasteiger partial charge in [-0.1, -0.05) is 12.1 Å². The largest absolute Gasteiger partial charge is 0.508 e. The van der Waals surface area contributed by atoms with Crippen LogP contribution >= 0.6 is 0 Å². The van der Waals surface area contributed by atoms with Gasteiger partial charge >= 0.3 is 11.9 Å². The Kier molecular flexibility index (Phi) is 4.39. The number of carboxylic acids is 1. The summed E-state index contributed by atoms with van der Waals surface area (Å²) in [5.74, 6) is -2.19. The topological polar surface area (TPSA) is 110 Å². The molecule has 1 aromatic carbocycles. The zero-order valence-electron chi connectivity index (χ0n) is 11.7. The van der Waals surface area contributed by atoms with Gasteiger partial charge in [0.15, 0.2) is 5.54 Å². The Morgan fingerprint density at radius 3 is 2.35 bits per heavy atom. The van der Waals surface area contributed by atoms with E-state index in [1.54, 1.807) is 20.8 Å². The molecular weight excluding hydrogens is 262 g/mol. The number of rotatable bonds is 4. The van der Waals surface area contributed by atoms with Gasteiger partial charge in [-0.25, -0.2) is 4.79 Å². The third-order valence-corrected chi connectivity index (χ3v) is 2.55. The van der Waals surface area contributed by atoms with Crippen molar-refractivity contribution in [1.29, 1.82) is 0 Å². The van der Waals surface area contributed by atoms with Gasteiger partial charge in [0.25, 0.3) is 0 Å². The first-order valence-electron chi connectivity index (χ1n) is 6.08. The number of benzene rings is 1. The number of ether oxygens (including phenoxy) is 1. The predicted octanol–water partition coefficient (Wildman–Crippen LogP) is 1.36. The van der Waals surface area contributed by atoms with Crippen molar-refractivity contribution >= 4 is 11.9 Å². The first-order valence-corrected chi connectivity index (χ1v) is 6.08. The molecule has 1 atom stereocenters. The van der Waals surface area contributed by atoms with Gasteiger partial charge in [-0.05, 0) is 38.5 Å². The lowest BCUT2D eigenvalue weighted by Gasteiger charge is -2.30. The fourth-order valence-corrected chi connectivity index (χ4v) is 1.68. The van der Waals surface area contributed by atoms with Crippen LogP contribution in [0.4, 0.5) is 0 Å². The molecule has 0 saturated heterocycles. The maximum atomic E-state index is 12.2. The van der Waals surface area contributed by atoms with E-state index in [1.165, 1.54) is 24.3 Å². The van der Waals surface area contributed by atoms with Crippen molar-refractivity contribution in [2.24, 2.45) is 5.73 Å². The Morgan fingerprint density at radius 1 is 1.30 bits per heavy atom. The van der Waals surface area contributed by atoms with E-state index in [-0.39, 0.29) is 11.3 Å². The fourth-order valence-electron chi connectivity index (χ4n) is 1.68. The molecule has 0 unspecified atom stereocenters. The molecule has 0 bridgehead atoms. The summed E-state index contributed by atoms with van der Waals surface area (Å²) in [6, 6.07) is 5.62. The van der Waals surface area contributed by atoms with Crippen LogP contribution in [0.15, 0.2) is 24.3 Å². The van der Waals surface area contributed by atoms with E-state index in [0.717, 1.165) is 0 Å². The molecule has 0 amide bonds. The number of aromatic hydroxyl groups is 1. The van der Waals surface area contributed by atoms with Crippen molar-refractivity contribution in [2.45, 2.75) is 38.3 Å². The average Bonchev–Trinajstić information content (AvgIpc) is 2.25.